The molecule has 1 aromatic heterocycles. The summed E-state index contributed by atoms with van der Waals surface area (Å²) in [5.74, 6) is 0.959. The van der Waals surface area contributed by atoms with E-state index in [1.165, 1.54) is 0 Å². The molecule has 0 fully saturated rings. The van der Waals surface area contributed by atoms with Gasteiger partial charge < -0.3 is 5.43 Å². The molecule has 0 bridgehead atoms. The third-order valence-corrected chi connectivity index (χ3v) is 3.04. The summed E-state index contributed by atoms with van der Waals surface area (Å²) >= 11 is 0. The molecule has 0 aliphatic heterocycles. The van der Waals surface area contributed by atoms with E-state index in [0.717, 1.165) is 16.9 Å². The van der Waals surface area contributed by atoms with Gasteiger partial charge in [-0.2, -0.15) is 0 Å². The Morgan fingerprint density at radius 3 is 2.47 bits per heavy atom. The molecular weight excluding hydrogens is 238 g/mol. The van der Waals surface area contributed by atoms with E-state index in [4.69, 9.17) is 0 Å². The zero-order chi connectivity index (χ0) is 14.2. The number of rotatable bonds is 3. The molecule has 0 radical (unpaired) electrons. The minimum Gasteiger partial charge on any atom is -0.319 e. The zero-order valence-electron chi connectivity index (χ0n) is 12.2. The van der Waals surface area contributed by atoms with Crippen molar-refractivity contribution in [2.24, 2.45) is 0 Å². The first-order valence-electron chi connectivity index (χ1n) is 6.70. The molecule has 0 atom stereocenters. The van der Waals surface area contributed by atoms with E-state index >= 15 is 0 Å². The summed E-state index contributed by atoms with van der Waals surface area (Å²) < 4.78 is 1.60. The van der Waals surface area contributed by atoms with Crippen molar-refractivity contribution in [1.82, 2.24) is 9.66 Å². The zero-order valence-corrected chi connectivity index (χ0v) is 12.2. The van der Waals surface area contributed by atoms with Crippen molar-refractivity contribution in [2.45, 2.75) is 46.6 Å². The maximum Gasteiger partial charge on any atom is 0.280 e. The summed E-state index contributed by atoms with van der Waals surface area (Å²) in [6.07, 6.45) is 0. The van der Waals surface area contributed by atoms with Crippen LogP contribution in [0.15, 0.2) is 23.0 Å². The van der Waals surface area contributed by atoms with Crippen LogP contribution in [0.25, 0.3) is 10.9 Å². The Morgan fingerprint density at radius 2 is 1.89 bits per heavy atom. The highest BCUT2D eigenvalue weighted by atomic mass is 16.1. The number of aryl methyl sites for hydroxylation is 1. The third kappa shape index (κ3) is 2.48. The summed E-state index contributed by atoms with van der Waals surface area (Å²) in [5, 5.41) is 0.694. The molecule has 0 unspecified atom stereocenters. The van der Waals surface area contributed by atoms with Gasteiger partial charge in [-0.05, 0) is 32.4 Å². The first-order chi connectivity index (χ1) is 8.91. The summed E-state index contributed by atoms with van der Waals surface area (Å²) in [5.41, 5.74) is 4.91. The van der Waals surface area contributed by atoms with E-state index in [-0.39, 0.29) is 17.5 Å². The highest BCUT2D eigenvalue weighted by Crippen LogP contribution is 2.16. The molecule has 0 aliphatic carbocycles. The van der Waals surface area contributed by atoms with Crippen LogP contribution in [0.1, 0.15) is 45.0 Å². The maximum atomic E-state index is 12.7. The molecule has 0 saturated carbocycles. The van der Waals surface area contributed by atoms with Crippen molar-refractivity contribution >= 4 is 10.9 Å². The van der Waals surface area contributed by atoms with Crippen molar-refractivity contribution < 1.29 is 0 Å². The fourth-order valence-electron chi connectivity index (χ4n) is 2.18. The summed E-state index contributed by atoms with van der Waals surface area (Å²) in [4.78, 5) is 17.3. The number of nitrogens with one attached hydrogen (secondary N) is 1. The standard InChI is InChI=1S/C15H21N3O/c1-9(2)14-16-12-8-6-7-11(5)13(12)15(19)18(14)17-10(3)4/h6-10,17H,1-5H3. The van der Waals surface area contributed by atoms with Crippen LogP contribution in [-0.4, -0.2) is 15.7 Å². The summed E-state index contributed by atoms with van der Waals surface area (Å²) in [6, 6.07) is 5.96. The largest absolute Gasteiger partial charge is 0.319 e. The molecule has 1 heterocycles. The Kier molecular flexibility index (Phi) is 3.60. The van der Waals surface area contributed by atoms with Gasteiger partial charge in [-0.1, -0.05) is 26.0 Å². The second-order valence-corrected chi connectivity index (χ2v) is 5.52. The highest BCUT2D eigenvalue weighted by Gasteiger charge is 2.15. The second kappa shape index (κ2) is 5.03. The van der Waals surface area contributed by atoms with Crippen LogP contribution in [0.4, 0.5) is 0 Å². The Morgan fingerprint density at radius 1 is 1.21 bits per heavy atom. The quantitative estimate of drug-likeness (QED) is 0.922. The first kappa shape index (κ1) is 13.6. The number of hydrogen-bond donors (Lipinski definition) is 1. The average molecular weight is 259 g/mol. The molecule has 0 aliphatic rings. The van der Waals surface area contributed by atoms with Gasteiger partial charge in [-0.25, -0.2) is 9.66 Å². The minimum absolute atomic E-state index is 0.0134. The lowest BCUT2D eigenvalue weighted by Gasteiger charge is -2.19. The normalized spacial score (nSPS) is 11.5. The van der Waals surface area contributed by atoms with Gasteiger partial charge in [0, 0.05) is 12.0 Å². The van der Waals surface area contributed by atoms with Crippen molar-refractivity contribution in [3.8, 4) is 0 Å². The van der Waals surface area contributed by atoms with Crippen molar-refractivity contribution in [3.05, 3.63) is 39.9 Å². The monoisotopic (exact) mass is 259 g/mol. The molecule has 4 heteroatoms. The third-order valence-electron chi connectivity index (χ3n) is 3.04. The molecule has 0 spiro atoms. The smallest absolute Gasteiger partial charge is 0.280 e. The summed E-state index contributed by atoms with van der Waals surface area (Å²) in [6.45, 7) is 10.1. The molecular formula is C15H21N3O. The van der Waals surface area contributed by atoms with Gasteiger partial charge in [0.2, 0.25) is 0 Å². The molecule has 2 rings (SSSR count). The van der Waals surface area contributed by atoms with Gasteiger partial charge in [0.15, 0.2) is 0 Å². The number of hydrogen-bond acceptors (Lipinski definition) is 3. The summed E-state index contributed by atoms with van der Waals surface area (Å²) in [7, 11) is 0. The SMILES string of the molecule is Cc1cccc2nc(C(C)C)n(NC(C)C)c(=O)c12. The van der Waals surface area contributed by atoms with Gasteiger partial charge in [0.25, 0.3) is 5.56 Å². The fraction of sp³-hybridized carbons (Fsp3) is 0.467. The fourth-order valence-corrected chi connectivity index (χ4v) is 2.18. The van der Waals surface area contributed by atoms with Gasteiger partial charge in [-0.15, -0.1) is 0 Å². The lowest BCUT2D eigenvalue weighted by Crippen LogP contribution is -2.37. The highest BCUT2D eigenvalue weighted by molar-refractivity contribution is 5.81. The molecule has 1 aromatic carbocycles. The van der Waals surface area contributed by atoms with Gasteiger partial charge in [0.05, 0.1) is 10.9 Å². The van der Waals surface area contributed by atoms with Crippen LogP contribution < -0.4 is 11.0 Å². The predicted octanol–water partition coefficient (Wildman–Crippen LogP) is 2.78. The van der Waals surface area contributed by atoms with Crippen molar-refractivity contribution in [1.29, 1.82) is 0 Å². The molecule has 0 amide bonds. The van der Waals surface area contributed by atoms with Crippen molar-refractivity contribution in [2.75, 3.05) is 5.43 Å². The molecule has 0 saturated heterocycles. The van der Waals surface area contributed by atoms with Gasteiger partial charge >= 0.3 is 0 Å². The van der Waals surface area contributed by atoms with Crippen LogP contribution in [0.2, 0.25) is 0 Å². The number of benzene rings is 1. The lowest BCUT2D eigenvalue weighted by molar-refractivity contribution is 0.630. The van der Waals surface area contributed by atoms with E-state index < -0.39 is 0 Å². The Balaban J connectivity index is 2.83. The second-order valence-electron chi connectivity index (χ2n) is 5.52. The molecule has 4 nitrogen and oxygen atoms in total. The van der Waals surface area contributed by atoms with Crippen LogP contribution in [0, 0.1) is 6.92 Å². The van der Waals surface area contributed by atoms with Crippen LogP contribution >= 0.6 is 0 Å². The van der Waals surface area contributed by atoms with Crippen molar-refractivity contribution in [3.63, 3.8) is 0 Å². The van der Waals surface area contributed by atoms with Gasteiger partial charge in [0.1, 0.15) is 5.82 Å². The van der Waals surface area contributed by atoms with E-state index in [9.17, 15) is 4.79 Å². The number of nitrogens with zero attached hydrogens (tertiary/aromatic N) is 2. The molecule has 1 N–H and O–H groups in total. The molecule has 2 aromatic rings. The maximum absolute atomic E-state index is 12.7. The molecule has 19 heavy (non-hydrogen) atoms. The topological polar surface area (TPSA) is 46.9 Å². The lowest BCUT2D eigenvalue weighted by atomic mass is 10.1. The van der Waals surface area contributed by atoms with Crippen LogP contribution in [0.5, 0.6) is 0 Å². The minimum atomic E-state index is -0.0134. The van der Waals surface area contributed by atoms with E-state index in [2.05, 4.69) is 10.4 Å². The Hall–Kier alpha value is -1.84. The van der Waals surface area contributed by atoms with Crippen LogP contribution in [0.3, 0.4) is 0 Å². The first-order valence-corrected chi connectivity index (χ1v) is 6.70. The average Bonchev–Trinajstić information content (AvgIpc) is 2.31. The number of fused-ring (bicyclic) bond motifs is 1. The van der Waals surface area contributed by atoms with E-state index in [1.54, 1.807) is 4.68 Å². The van der Waals surface area contributed by atoms with Gasteiger partial charge in [-0.3, -0.25) is 4.79 Å². The predicted molar refractivity (Wildman–Crippen MR) is 79.3 cm³/mol. The molecule has 102 valence electrons. The van der Waals surface area contributed by atoms with E-state index in [1.807, 2.05) is 52.8 Å². The Bertz CT molecular complexity index is 656. The van der Waals surface area contributed by atoms with E-state index in [0.29, 0.717) is 5.39 Å². The van der Waals surface area contributed by atoms with Crippen LogP contribution in [-0.2, 0) is 0 Å². The Labute approximate surface area is 113 Å². The number of aromatic nitrogens is 2.